The smallest absolute Gasteiger partial charge is 0.149 e. The van der Waals surface area contributed by atoms with Gasteiger partial charge in [-0.3, -0.25) is 4.98 Å². The highest BCUT2D eigenvalue weighted by molar-refractivity contribution is 5.41. The molecule has 0 radical (unpaired) electrons. The van der Waals surface area contributed by atoms with Crippen molar-refractivity contribution < 1.29 is 0 Å². The summed E-state index contributed by atoms with van der Waals surface area (Å²) in [5.74, 6) is 1.44. The number of rotatable bonds is 9. The van der Waals surface area contributed by atoms with E-state index < -0.39 is 0 Å². The van der Waals surface area contributed by atoms with Crippen LogP contribution >= 0.6 is 0 Å². The van der Waals surface area contributed by atoms with E-state index in [1.807, 2.05) is 6.20 Å². The van der Waals surface area contributed by atoms with Gasteiger partial charge in [0.2, 0.25) is 0 Å². The molecule has 0 unspecified atom stereocenters. The highest BCUT2D eigenvalue weighted by Gasteiger charge is 2.34. The Balaban J connectivity index is 1.58. The van der Waals surface area contributed by atoms with E-state index in [1.165, 1.54) is 63.4 Å². The lowest BCUT2D eigenvalue weighted by Gasteiger charge is -2.43. The average molecular weight is 367 g/mol. The van der Waals surface area contributed by atoms with Crippen molar-refractivity contribution in [3.63, 3.8) is 0 Å². The van der Waals surface area contributed by atoms with Crippen molar-refractivity contribution >= 4 is 11.6 Å². The van der Waals surface area contributed by atoms with E-state index in [1.54, 1.807) is 6.20 Å². The number of unbranched alkanes of at least 4 members (excludes halogenated alkanes) is 2. The Morgan fingerprint density at radius 1 is 1.00 bits per heavy atom. The standard InChI is InChI=1S/C23H34N4/c1-2-3-7-12-23(13-8-11-20-9-5-4-6-10-20)14-16-27(17-15-23)22-19-25-18-21(24)26-22/h4-6,9-10,18-19H,2-3,7-8,11-17H2,1H3,(H2,24,26). The molecule has 2 heterocycles. The van der Waals surface area contributed by atoms with Gasteiger partial charge in [-0.1, -0.05) is 56.5 Å². The lowest BCUT2D eigenvalue weighted by atomic mass is 9.71. The minimum atomic E-state index is 0.494. The Labute approximate surface area is 164 Å². The zero-order valence-corrected chi connectivity index (χ0v) is 16.7. The first-order valence-electron chi connectivity index (χ1n) is 10.6. The van der Waals surface area contributed by atoms with E-state index in [4.69, 9.17) is 5.73 Å². The first-order chi connectivity index (χ1) is 13.2. The molecular weight excluding hydrogens is 332 g/mol. The molecule has 0 atom stereocenters. The molecule has 1 aliphatic rings. The summed E-state index contributed by atoms with van der Waals surface area (Å²) in [6.45, 7) is 4.42. The van der Waals surface area contributed by atoms with Crippen LogP contribution in [-0.4, -0.2) is 23.1 Å². The fourth-order valence-electron chi connectivity index (χ4n) is 4.42. The zero-order chi connectivity index (χ0) is 19.0. The second-order valence-electron chi connectivity index (χ2n) is 8.09. The normalized spacial score (nSPS) is 16.4. The van der Waals surface area contributed by atoms with E-state index in [0.717, 1.165) is 18.9 Å². The molecule has 1 fully saturated rings. The zero-order valence-electron chi connectivity index (χ0n) is 16.7. The van der Waals surface area contributed by atoms with Gasteiger partial charge in [-0.2, -0.15) is 0 Å². The average Bonchev–Trinajstić information content (AvgIpc) is 2.70. The molecule has 0 amide bonds. The second-order valence-corrected chi connectivity index (χ2v) is 8.09. The molecule has 0 bridgehead atoms. The lowest BCUT2D eigenvalue weighted by Crippen LogP contribution is -2.40. The Morgan fingerprint density at radius 3 is 2.44 bits per heavy atom. The third-order valence-corrected chi connectivity index (χ3v) is 6.11. The number of nitrogens with two attached hydrogens (primary N) is 1. The minimum Gasteiger partial charge on any atom is -0.382 e. The van der Waals surface area contributed by atoms with Gasteiger partial charge in [-0.25, -0.2) is 4.98 Å². The largest absolute Gasteiger partial charge is 0.382 e. The number of hydrogen-bond donors (Lipinski definition) is 1. The molecule has 0 spiro atoms. The molecule has 4 nitrogen and oxygen atoms in total. The molecule has 27 heavy (non-hydrogen) atoms. The number of hydrogen-bond acceptors (Lipinski definition) is 4. The third kappa shape index (κ3) is 5.69. The summed E-state index contributed by atoms with van der Waals surface area (Å²) in [6, 6.07) is 10.9. The first-order valence-corrected chi connectivity index (χ1v) is 10.6. The van der Waals surface area contributed by atoms with Gasteiger partial charge < -0.3 is 10.6 Å². The summed E-state index contributed by atoms with van der Waals surface area (Å²) >= 11 is 0. The van der Waals surface area contributed by atoms with E-state index >= 15 is 0 Å². The number of piperidine rings is 1. The van der Waals surface area contributed by atoms with Gasteiger partial charge in [-0.05, 0) is 49.5 Å². The van der Waals surface area contributed by atoms with E-state index in [9.17, 15) is 0 Å². The van der Waals surface area contributed by atoms with Crippen molar-refractivity contribution in [1.29, 1.82) is 0 Å². The van der Waals surface area contributed by atoms with Gasteiger partial charge in [0.1, 0.15) is 11.6 Å². The highest BCUT2D eigenvalue weighted by atomic mass is 15.2. The van der Waals surface area contributed by atoms with Crippen LogP contribution in [0.3, 0.4) is 0 Å². The summed E-state index contributed by atoms with van der Waals surface area (Å²) in [5, 5.41) is 0. The number of benzene rings is 1. The molecule has 2 aromatic rings. The monoisotopic (exact) mass is 366 g/mol. The van der Waals surface area contributed by atoms with Crippen LogP contribution in [0.2, 0.25) is 0 Å². The number of aryl methyl sites for hydroxylation is 1. The number of anilines is 2. The maximum atomic E-state index is 5.82. The van der Waals surface area contributed by atoms with Crippen molar-refractivity contribution in [3.05, 3.63) is 48.3 Å². The molecule has 0 saturated carbocycles. The van der Waals surface area contributed by atoms with Gasteiger partial charge in [0.05, 0.1) is 12.4 Å². The van der Waals surface area contributed by atoms with Gasteiger partial charge in [-0.15, -0.1) is 0 Å². The predicted molar refractivity (Wildman–Crippen MR) is 114 cm³/mol. The number of aromatic nitrogens is 2. The van der Waals surface area contributed by atoms with E-state index in [0.29, 0.717) is 11.2 Å². The van der Waals surface area contributed by atoms with Crippen LogP contribution in [0.5, 0.6) is 0 Å². The van der Waals surface area contributed by atoms with Crippen LogP contribution in [0.1, 0.15) is 63.9 Å². The maximum absolute atomic E-state index is 5.82. The van der Waals surface area contributed by atoms with Gasteiger partial charge in [0.15, 0.2) is 0 Å². The molecule has 2 N–H and O–H groups in total. The van der Waals surface area contributed by atoms with Crippen LogP contribution in [0.15, 0.2) is 42.7 Å². The summed E-state index contributed by atoms with van der Waals surface area (Å²) < 4.78 is 0. The molecule has 146 valence electrons. The maximum Gasteiger partial charge on any atom is 0.149 e. The quantitative estimate of drug-likeness (QED) is 0.616. The topological polar surface area (TPSA) is 55.0 Å². The van der Waals surface area contributed by atoms with Crippen molar-refractivity contribution in [3.8, 4) is 0 Å². The lowest BCUT2D eigenvalue weighted by molar-refractivity contribution is 0.171. The van der Waals surface area contributed by atoms with Crippen LogP contribution in [0, 0.1) is 5.41 Å². The first kappa shape index (κ1) is 19.7. The van der Waals surface area contributed by atoms with E-state index in [-0.39, 0.29) is 0 Å². The summed E-state index contributed by atoms with van der Waals surface area (Å²) in [6.07, 6.45) is 15.2. The third-order valence-electron chi connectivity index (χ3n) is 6.11. The van der Waals surface area contributed by atoms with Crippen molar-refractivity contribution in [1.82, 2.24) is 9.97 Å². The predicted octanol–water partition coefficient (Wildman–Crippen LogP) is 5.25. The SMILES string of the molecule is CCCCCC1(CCCc2ccccc2)CCN(c2cncc(N)n2)CC1. The Hall–Kier alpha value is -2.10. The molecule has 1 aromatic heterocycles. The van der Waals surface area contributed by atoms with Crippen LogP contribution < -0.4 is 10.6 Å². The van der Waals surface area contributed by atoms with E-state index in [2.05, 4.69) is 52.1 Å². The van der Waals surface area contributed by atoms with Gasteiger partial charge in [0.25, 0.3) is 0 Å². The number of nitrogens with zero attached hydrogens (tertiary/aromatic N) is 3. The van der Waals surface area contributed by atoms with Crippen molar-refractivity contribution in [2.24, 2.45) is 5.41 Å². The second kappa shape index (κ2) is 9.72. The van der Waals surface area contributed by atoms with Crippen molar-refractivity contribution in [2.75, 3.05) is 23.7 Å². The molecule has 4 heteroatoms. The molecule has 1 aromatic carbocycles. The van der Waals surface area contributed by atoms with Gasteiger partial charge in [0, 0.05) is 13.1 Å². The number of nitrogen functional groups attached to an aromatic ring is 1. The van der Waals surface area contributed by atoms with Crippen LogP contribution in [0.25, 0.3) is 0 Å². The Morgan fingerprint density at radius 2 is 1.74 bits per heavy atom. The van der Waals surface area contributed by atoms with Gasteiger partial charge >= 0.3 is 0 Å². The molecule has 1 aliphatic heterocycles. The van der Waals surface area contributed by atoms with Crippen molar-refractivity contribution in [2.45, 2.75) is 64.7 Å². The summed E-state index contributed by atoms with van der Waals surface area (Å²) in [4.78, 5) is 11.0. The molecule has 3 rings (SSSR count). The fraction of sp³-hybridized carbons (Fsp3) is 0.565. The molecule has 1 saturated heterocycles. The fourth-order valence-corrected chi connectivity index (χ4v) is 4.42. The highest BCUT2D eigenvalue weighted by Crippen LogP contribution is 2.42. The summed E-state index contributed by atoms with van der Waals surface area (Å²) in [7, 11) is 0. The molecular formula is C23H34N4. The minimum absolute atomic E-state index is 0.494. The van der Waals surface area contributed by atoms with Crippen LogP contribution in [0.4, 0.5) is 11.6 Å². The Kier molecular flexibility index (Phi) is 7.08. The Bertz CT molecular complexity index is 678. The summed E-state index contributed by atoms with van der Waals surface area (Å²) in [5.41, 5.74) is 7.78. The van der Waals surface area contributed by atoms with Crippen LogP contribution in [-0.2, 0) is 6.42 Å². The molecule has 0 aliphatic carbocycles.